The average Bonchev–Trinajstić information content (AvgIpc) is 2.74. The molecule has 0 heterocycles. The standard InChI is InChI=1S/C21H23BrN4O5/c1-14-5-3-4-6-17(14)25-19(27)13-31-18-8-7-16(22)11-15(18)12-24-26-21(29)20(28)23-9-10-30-2/h3-8,11-12H,9-10,13H2,1-2H3,(H,23,28)(H,25,27)(H,26,29)/b24-12-. The fraction of sp³-hybridized carbons (Fsp3) is 0.238. The average molecular weight is 491 g/mol. The van der Waals surface area contributed by atoms with Gasteiger partial charge in [-0.1, -0.05) is 34.1 Å². The predicted octanol–water partition coefficient (Wildman–Crippen LogP) is 1.99. The molecule has 164 valence electrons. The van der Waals surface area contributed by atoms with Crippen molar-refractivity contribution in [3.63, 3.8) is 0 Å². The zero-order valence-electron chi connectivity index (χ0n) is 17.1. The van der Waals surface area contributed by atoms with Crippen LogP contribution in [-0.2, 0) is 19.1 Å². The summed E-state index contributed by atoms with van der Waals surface area (Å²) < 4.78 is 11.1. The highest BCUT2D eigenvalue weighted by Crippen LogP contribution is 2.22. The van der Waals surface area contributed by atoms with Crippen molar-refractivity contribution in [1.29, 1.82) is 0 Å². The van der Waals surface area contributed by atoms with Crippen molar-refractivity contribution >= 4 is 45.6 Å². The number of ether oxygens (including phenoxy) is 2. The number of halogens is 1. The molecule has 0 bridgehead atoms. The van der Waals surface area contributed by atoms with Gasteiger partial charge in [0.1, 0.15) is 5.75 Å². The topological polar surface area (TPSA) is 118 Å². The van der Waals surface area contributed by atoms with Gasteiger partial charge in [0.15, 0.2) is 6.61 Å². The van der Waals surface area contributed by atoms with Gasteiger partial charge in [-0.2, -0.15) is 5.10 Å². The summed E-state index contributed by atoms with van der Waals surface area (Å²) in [5.41, 5.74) is 4.28. The molecule has 3 amide bonds. The molecule has 0 radical (unpaired) electrons. The smallest absolute Gasteiger partial charge is 0.329 e. The Labute approximate surface area is 188 Å². The third-order valence-corrected chi connectivity index (χ3v) is 4.41. The van der Waals surface area contributed by atoms with E-state index in [0.29, 0.717) is 23.6 Å². The van der Waals surface area contributed by atoms with E-state index in [1.54, 1.807) is 24.3 Å². The first kappa shape index (κ1) is 24.0. The number of hydrazone groups is 1. The highest BCUT2D eigenvalue weighted by molar-refractivity contribution is 9.10. The van der Waals surface area contributed by atoms with Crippen molar-refractivity contribution in [1.82, 2.24) is 10.7 Å². The van der Waals surface area contributed by atoms with Gasteiger partial charge in [0.05, 0.1) is 12.8 Å². The lowest BCUT2D eigenvalue weighted by Gasteiger charge is -2.11. The molecule has 2 aromatic rings. The largest absolute Gasteiger partial charge is 0.483 e. The number of anilines is 1. The van der Waals surface area contributed by atoms with Crippen molar-refractivity contribution in [2.45, 2.75) is 6.92 Å². The number of amides is 3. The second-order valence-electron chi connectivity index (χ2n) is 6.28. The van der Waals surface area contributed by atoms with E-state index in [1.165, 1.54) is 13.3 Å². The van der Waals surface area contributed by atoms with Crippen LogP contribution in [0.4, 0.5) is 5.69 Å². The summed E-state index contributed by atoms with van der Waals surface area (Å²) in [5.74, 6) is -1.68. The first-order valence-corrected chi connectivity index (χ1v) is 10.1. The fourth-order valence-corrected chi connectivity index (χ4v) is 2.73. The summed E-state index contributed by atoms with van der Waals surface area (Å²) >= 11 is 3.35. The van der Waals surface area contributed by atoms with Gasteiger partial charge in [0, 0.05) is 29.4 Å². The Balaban J connectivity index is 1.94. The number of rotatable bonds is 9. The van der Waals surface area contributed by atoms with Gasteiger partial charge in [-0.3, -0.25) is 14.4 Å². The van der Waals surface area contributed by atoms with Crippen LogP contribution in [-0.4, -0.2) is 50.8 Å². The second-order valence-corrected chi connectivity index (χ2v) is 7.20. The van der Waals surface area contributed by atoms with Crippen LogP contribution >= 0.6 is 15.9 Å². The lowest BCUT2D eigenvalue weighted by molar-refractivity contribution is -0.139. The van der Waals surface area contributed by atoms with Crippen molar-refractivity contribution in [3.8, 4) is 5.75 Å². The summed E-state index contributed by atoms with van der Waals surface area (Å²) in [6, 6.07) is 12.5. The lowest BCUT2D eigenvalue weighted by Crippen LogP contribution is -2.39. The number of nitrogens with zero attached hydrogens (tertiary/aromatic N) is 1. The van der Waals surface area contributed by atoms with E-state index >= 15 is 0 Å². The van der Waals surface area contributed by atoms with Crippen LogP contribution in [0.2, 0.25) is 0 Å². The van der Waals surface area contributed by atoms with Crippen LogP contribution in [0.1, 0.15) is 11.1 Å². The monoisotopic (exact) mass is 490 g/mol. The molecule has 10 heteroatoms. The minimum atomic E-state index is -0.914. The number of carbonyl (C=O) groups excluding carboxylic acids is 3. The minimum absolute atomic E-state index is 0.209. The molecular formula is C21H23BrN4O5. The van der Waals surface area contributed by atoms with Crippen LogP contribution in [0.25, 0.3) is 0 Å². The molecule has 0 saturated carbocycles. The molecule has 0 unspecified atom stereocenters. The van der Waals surface area contributed by atoms with Gasteiger partial charge >= 0.3 is 11.8 Å². The fourth-order valence-electron chi connectivity index (χ4n) is 2.35. The van der Waals surface area contributed by atoms with Crippen LogP contribution in [0.15, 0.2) is 52.0 Å². The first-order chi connectivity index (χ1) is 14.9. The Morgan fingerprint density at radius 3 is 2.65 bits per heavy atom. The lowest BCUT2D eigenvalue weighted by atomic mass is 10.2. The zero-order chi connectivity index (χ0) is 22.6. The Morgan fingerprint density at radius 1 is 1.13 bits per heavy atom. The molecule has 0 aliphatic rings. The van der Waals surface area contributed by atoms with Crippen LogP contribution in [0.5, 0.6) is 5.75 Å². The summed E-state index contributed by atoms with van der Waals surface area (Å²) in [6.45, 7) is 2.18. The molecule has 0 spiro atoms. The number of hydrogen-bond donors (Lipinski definition) is 3. The summed E-state index contributed by atoms with van der Waals surface area (Å²) in [6.07, 6.45) is 1.32. The van der Waals surface area contributed by atoms with Crippen molar-refractivity contribution in [2.75, 3.05) is 32.2 Å². The van der Waals surface area contributed by atoms with Crippen LogP contribution < -0.4 is 20.8 Å². The number of para-hydroxylation sites is 1. The number of hydrogen-bond acceptors (Lipinski definition) is 6. The van der Waals surface area contributed by atoms with Gasteiger partial charge in [-0.15, -0.1) is 0 Å². The summed E-state index contributed by atoms with van der Waals surface area (Å²) in [4.78, 5) is 35.5. The normalized spacial score (nSPS) is 10.5. The third-order valence-electron chi connectivity index (χ3n) is 3.92. The van der Waals surface area contributed by atoms with E-state index in [0.717, 1.165) is 10.0 Å². The van der Waals surface area contributed by atoms with Gasteiger partial charge in [-0.25, -0.2) is 5.43 Å². The van der Waals surface area contributed by atoms with Gasteiger partial charge in [0.25, 0.3) is 5.91 Å². The van der Waals surface area contributed by atoms with Crippen molar-refractivity contribution < 1.29 is 23.9 Å². The van der Waals surface area contributed by atoms with E-state index < -0.39 is 11.8 Å². The van der Waals surface area contributed by atoms with Crippen LogP contribution in [0.3, 0.4) is 0 Å². The van der Waals surface area contributed by atoms with Gasteiger partial charge in [0.2, 0.25) is 0 Å². The van der Waals surface area contributed by atoms with E-state index in [1.807, 2.05) is 25.1 Å². The predicted molar refractivity (Wildman–Crippen MR) is 120 cm³/mol. The van der Waals surface area contributed by atoms with E-state index in [-0.39, 0.29) is 19.1 Å². The van der Waals surface area contributed by atoms with E-state index in [9.17, 15) is 14.4 Å². The highest BCUT2D eigenvalue weighted by Gasteiger charge is 2.12. The molecule has 3 N–H and O–H groups in total. The molecule has 9 nitrogen and oxygen atoms in total. The molecule has 0 fully saturated rings. The van der Waals surface area contributed by atoms with Gasteiger partial charge in [-0.05, 0) is 36.8 Å². The van der Waals surface area contributed by atoms with Crippen LogP contribution in [0, 0.1) is 6.92 Å². The number of aryl methyl sites for hydroxylation is 1. The molecule has 2 rings (SSSR count). The summed E-state index contributed by atoms with van der Waals surface area (Å²) in [7, 11) is 1.49. The molecule has 31 heavy (non-hydrogen) atoms. The molecule has 2 aromatic carbocycles. The zero-order valence-corrected chi connectivity index (χ0v) is 18.7. The number of nitrogens with one attached hydrogen (secondary N) is 3. The Kier molecular flexibility index (Phi) is 9.66. The minimum Gasteiger partial charge on any atom is -0.483 e. The molecule has 0 saturated heterocycles. The SMILES string of the molecule is COCCNC(=O)C(=O)N/N=C\c1cc(Br)ccc1OCC(=O)Nc1ccccc1C. The Morgan fingerprint density at radius 2 is 1.90 bits per heavy atom. The van der Waals surface area contributed by atoms with E-state index in [4.69, 9.17) is 9.47 Å². The highest BCUT2D eigenvalue weighted by atomic mass is 79.9. The second kappa shape index (κ2) is 12.5. The van der Waals surface area contributed by atoms with E-state index in [2.05, 4.69) is 37.1 Å². The van der Waals surface area contributed by atoms with Crippen molar-refractivity contribution in [2.24, 2.45) is 5.10 Å². The number of benzene rings is 2. The Bertz CT molecular complexity index is 965. The summed E-state index contributed by atoms with van der Waals surface area (Å²) in [5, 5.41) is 8.95. The number of carbonyl (C=O) groups is 3. The molecule has 0 atom stereocenters. The molecular weight excluding hydrogens is 468 g/mol. The van der Waals surface area contributed by atoms with Gasteiger partial charge < -0.3 is 20.1 Å². The first-order valence-electron chi connectivity index (χ1n) is 9.28. The maximum Gasteiger partial charge on any atom is 0.329 e. The van der Waals surface area contributed by atoms with Crippen molar-refractivity contribution in [3.05, 3.63) is 58.1 Å². The molecule has 0 aliphatic heterocycles. The Hall–Kier alpha value is -3.24. The number of methoxy groups -OCH3 is 1. The molecule has 0 aliphatic carbocycles. The maximum atomic E-state index is 12.2. The third kappa shape index (κ3) is 8.19. The molecule has 0 aromatic heterocycles. The quantitative estimate of drug-likeness (QED) is 0.215. The maximum absolute atomic E-state index is 12.2.